The van der Waals surface area contributed by atoms with Crippen molar-refractivity contribution in [3.63, 3.8) is 0 Å². The molecule has 2 unspecified atom stereocenters. The molecule has 1 nitrogen and oxygen atoms in total. The molecule has 0 heterocycles. The second kappa shape index (κ2) is 6.23. The first-order valence-corrected chi connectivity index (χ1v) is 6.24. The van der Waals surface area contributed by atoms with E-state index in [9.17, 15) is 13.2 Å². The van der Waals surface area contributed by atoms with Crippen molar-refractivity contribution in [2.45, 2.75) is 39.4 Å². The van der Waals surface area contributed by atoms with Crippen molar-refractivity contribution < 1.29 is 13.2 Å². The van der Waals surface area contributed by atoms with Gasteiger partial charge in [0.1, 0.15) is 0 Å². The highest BCUT2D eigenvalue weighted by atomic mass is 19.4. The van der Waals surface area contributed by atoms with Crippen LogP contribution in [0.25, 0.3) is 0 Å². The number of halogens is 3. The monoisotopic (exact) mass is 259 g/mol. The third kappa shape index (κ3) is 4.33. The van der Waals surface area contributed by atoms with Crippen molar-refractivity contribution in [2.24, 2.45) is 5.92 Å². The van der Waals surface area contributed by atoms with Crippen molar-refractivity contribution in [3.05, 3.63) is 35.4 Å². The van der Waals surface area contributed by atoms with Gasteiger partial charge in [0.15, 0.2) is 0 Å². The number of nitrogens with one attached hydrogen (secondary N) is 1. The maximum Gasteiger partial charge on any atom is 0.416 e. The van der Waals surface area contributed by atoms with E-state index in [4.69, 9.17) is 0 Å². The van der Waals surface area contributed by atoms with Crippen LogP contribution in [0.5, 0.6) is 0 Å². The van der Waals surface area contributed by atoms with Crippen LogP contribution in [0.4, 0.5) is 13.2 Å². The van der Waals surface area contributed by atoms with Gasteiger partial charge >= 0.3 is 6.18 Å². The minimum Gasteiger partial charge on any atom is -0.314 e. The van der Waals surface area contributed by atoms with Gasteiger partial charge in [-0.2, -0.15) is 13.2 Å². The molecular weight excluding hydrogens is 239 g/mol. The Bertz CT molecular complexity index is 374. The van der Waals surface area contributed by atoms with Gasteiger partial charge in [-0.25, -0.2) is 0 Å². The summed E-state index contributed by atoms with van der Waals surface area (Å²) in [5.41, 5.74) is 0.172. The summed E-state index contributed by atoms with van der Waals surface area (Å²) >= 11 is 0. The molecule has 0 aliphatic heterocycles. The summed E-state index contributed by atoms with van der Waals surface area (Å²) in [6.45, 7) is 7.00. The molecule has 18 heavy (non-hydrogen) atoms. The van der Waals surface area contributed by atoms with Crippen LogP contribution in [0.15, 0.2) is 24.3 Å². The topological polar surface area (TPSA) is 12.0 Å². The van der Waals surface area contributed by atoms with E-state index in [-0.39, 0.29) is 0 Å². The summed E-state index contributed by atoms with van der Waals surface area (Å²) in [4.78, 5) is 0. The molecule has 0 aromatic heterocycles. The summed E-state index contributed by atoms with van der Waals surface area (Å²) in [7, 11) is 0. The molecule has 1 aromatic rings. The Kier molecular flexibility index (Phi) is 5.20. The van der Waals surface area contributed by atoms with E-state index in [1.54, 1.807) is 6.07 Å². The maximum atomic E-state index is 12.6. The van der Waals surface area contributed by atoms with Crippen molar-refractivity contribution in [1.82, 2.24) is 5.32 Å². The minimum absolute atomic E-state index is 0.296. The fraction of sp³-hybridized carbons (Fsp3) is 0.571. The Morgan fingerprint density at radius 1 is 1.22 bits per heavy atom. The fourth-order valence-electron chi connectivity index (χ4n) is 1.95. The molecule has 2 atom stereocenters. The van der Waals surface area contributed by atoms with Gasteiger partial charge in [-0.15, -0.1) is 0 Å². The van der Waals surface area contributed by atoms with Crippen LogP contribution in [0.3, 0.4) is 0 Å². The normalized spacial score (nSPS) is 15.4. The molecule has 0 saturated carbocycles. The second-order valence-corrected chi connectivity index (χ2v) is 4.73. The average molecular weight is 259 g/mol. The lowest BCUT2D eigenvalue weighted by atomic mass is 9.94. The molecule has 0 spiro atoms. The van der Waals surface area contributed by atoms with Crippen molar-refractivity contribution in [2.75, 3.05) is 6.54 Å². The first-order valence-electron chi connectivity index (χ1n) is 6.24. The van der Waals surface area contributed by atoms with Gasteiger partial charge in [-0.05, 0) is 37.4 Å². The van der Waals surface area contributed by atoms with Crippen LogP contribution >= 0.6 is 0 Å². The molecular formula is C14H20F3N. The van der Waals surface area contributed by atoms with Crippen LogP contribution in [-0.2, 0) is 12.6 Å². The highest BCUT2D eigenvalue weighted by Gasteiger charge is 2.30. The van der Waals surface area contributed by atoms with E-state index in [0.29, 0.717) is 18.4 Å². The maximum absolute atomic E-state index is 12.6. The molecule has 0 saturated heterocycles. The number of hydrogen-bond donors (Lipinski definition) is 1. The molecule has 0 fully saturated rings. The summed E-state index contributed by atoms with van der Waals surface area (Å²) in [5, 5.41) is 3.29. The highest BCUT2D eigenvalue weighted by molar-refractivity contribution is 5.26. The van der Waals surface area contributed by atoms with E-state index in [0.717, 1.165) is 18.2 Å². The third-order valence-electron chi connectivity index (χ3n) is 3.19. The number of hydrogen-bond acceptors (Lipinski definition) is 1. The fourth-order valence-corrected chi connectivity index (χ4v) is 1.95. The summed E-state index contributed by atoms with van der Waals surface area (Å²) in [6.07, 6.45) is -3.61. The molecule has 1 aromatic carbocycles. The molecule has 0 bridgehead atoms. The van der Waals surface area contributed by atoms with Crippen LogP contribution in [0.1, 0.15) is 31.9 Å². The smallest absolute Gasteiger partial charge is 0.314 e. The van der Waals surface area contributed by atoms with E-state index < -0.39 is 11.7 Å². The van der Waals surface area contributed by atoms with Gasteiger partial charge < -0.3 is 5.32 Å². The van der Waals surface area contributed by atoms with Crippen LogP contribution < -0.4 is 5.32 Å². The molecule has 0 radical (unpaired) electrons. The molecule has 0 aliphatic carbocycles. The lowest BCUT2D eigenvalue weighted by Gasteiger charge is -2.21. The zero-order chi connectivity index (χ0) is 13.8. The number of rotatable bonds is 5. The van der Waals surface area contributed by atoms with E-state index in [1.807, 2.05) is 13.8 Å². The van der Waals surface area contributed by atoms with Crippen molar-refractivity contribution in [3.8, 4) is 0 Å². The molecule has 0 aliphatic rings. The first-order chi connectivity index (χ1) is 8.34. The summed E-state index contributed by atoms with van der Waals surface area (Å²) in [5.74, 6) is 0.299. The van der Waals surface area contributed by atoms with Gasteiger partial charge in [-0.3, -0.25) is 0 Å². The average Bonchev–Trinajstić information content (AvgIpc) is 2.28. The first kappa shape index (κ1) is 15.0. The Hall–Kier alpha value is -1.03. The lowest BCUT2D eigenvalue weighted by molar-refractivity contribution is -0.137. The van der Waals surface area contributed by atoms with Crippen molar-refractivity contribution in [1.29, 1.82) is 0 Å². The number of alkyl halides is 3. The van der Waals surface area contributed by atoms with Crippen LogP contribution in [-0.4, -0.2) is 12.6 Å². The molecule has 4 heteroatoms. The van der Waals surface area contributed by atoms with Gasteiger partial charge in [0.05, 0.1) is 5.56 Å². The summed E-state index contributed by atoms with van der Waals surface area (Å²) < 4.78 is 37.7. The van der Waals surface area contributed by atoms with E-state index in [1.165, 1.54) is 12.1 Å². The van der Waals surface area contributed by atoms with Gasteiger partial charge in [0.2, 0.25) is 0 Å². The van der Waals surface area contributed by atoms with Crippen molar-refractivity contribution >= 4 is 0 Å². The quantitative estimate of drug-likeness (QED) is 0.846. The Balaban J connectivity index is 2.73. The summed E-state index contributed by atoms with van der Waals surface area (Å²) in [6, 6.07) is 5.88. The predicted molar refractivity (Wildman–Crippen MR) is 67.5 cm³/mol. The van der Waals surface area contributed by atoms with Crippen LogP contribution in [0.2, 0.25) is 0 Å². The minimum atomic E-state index is -4.26. The molecule has 1 N–H and O–H groups in total. The predicted octanol–water partition coefficient (Wildman–Crippen LogP) is 3.88. The van der Waals surface area contributed by atoms with Gasteiger partial charge in [-0.1, -0.05) is 32.0 Å². The Morgan fingerprint density at radius 2 is 1.89 bits per heavy atom. The third-order valence-corrected chi connectivity index (χ3v) is 3.19. The largest absolute Gasteiger partial charge is 0.416 e. The van der Waals surface area contributed by atoms with E-state index >= 15 is 0 Å². The highest BCUT2D eigenvalue weighted by Crippen LogP contribution is 2.30. The molecule has 0 amide bonds. The zero-order valence-electron chi connectivity index (χ0n) is 11.0. The van der Waals surface area contributed by atoms with Crippen LogP contribution in [0, 0.1) is 5.92 Å². The van der Waals surface area contributed by atoms with Gasteiger partial charge in [0.25, 0.3) is 0 Å². The lowest BCUT2D eigenvalue weighted by Crippen LogP contribution is -2.32. The Labute approximate surface area is 106 Å². The zero-order valence-corrected chi connectivity index (χ0v) is 11.0. The standard InChI is InChI=1S/C14H20F3N/c1-4-18-11(3)10(2)8-12-6-5-7-13(9-12)14(15,16)17/h5-7,9-11,18H,4,8H2,1-3H3. The number of benzene rings is 1. The van der Waals surface area contributed by atoms with Gasteiger partial charge in [0, 0.05) is 6.04 Å². The Morgan fingerprint density at radius 3 is 2.44 bits per heavy atom. The molecule has 102 valence electrons. The molecule has 1 rings (SSSR count). The SMILES string of the molecule is CCNC(C)C(C)Cc1cccc(C(F)(F)F)c1. The second-order valence-electron chi connectivity index (χ2n) is 4.73. The van der Waals surface area contributed by atoms with E-state index in [2.05, 4.69) is 12.2 Å².